The van der Waals surface area contributed by atoms with Crippen LogP contribution in [0.25, 0.3) is 0 Å². The Bertz CT molecular complexity index is 982. The maximum Gasteiger partial charge on any atom is 0.244 e. The minimum absolute atomic E-state index is 0.0650. The molecule has 0 saturated heterocycles. The summed E-state index contributed by atoms with van der Waals surface area (Å²) in [4.78, 5) is 22.4. The number of likely N-dealkylation sites (N-methyl/N-ethyl adjacent to an activating group) is 1. The van der Waals surface area contributed by atoms with Gasteiger partial charge in [0.25, 0.3) is 0 Å². The van der Waals surface area contributed by atoms with Crippen molar-refractivity contribution in [2.75, 3.05) is 23.8 Å². The van der Waals surface area contributed by atoms with Gasteiger partial charge in [-0.05, 0) is 55.0 Å². The van der Waals surface area contributed by atoms with E-state index in [1.165, 1.54) is 30.5 Å². The number of benzene rings is 2. The van der Waals surface area contributed by atoms with Gasteiger partial charge in [-0.1, -0.05) is 15.9 Å². The number of amides is 1. The van der Waals surface area contributed by atoms with Gasteiger partial charge in [-0.2, -0.15) is 4.98 Å². The van der Waals surface area contributed by atoms with Crippen LogP contribution in [0.15, 0.2) is 59.2 Å². The lowest BCUT2D eigenvalue weighted by molar-refractivity contribution is -0.114. The number of ether oxygens (including phenoxy) is 1. The van der Waals surface area contributed by atoms with E-state index in [4.69, 9.17) is 4.74 Å². The van der Waals surface area contributed by atoms with Crippen LogP contribution in [0.5, 0.6) is 11.6 Å². The molecular weight excluding hydrogens is 427 g/mol. The summed E-state index contributed by atoms with van der Waals surface area (Å²) in [5.41, 5.74) is 1.70. The molecule has 3 rings (SSSR count). The van der Waals surface area contributed by atoms with E-state index in [1.807, 2.05) is 25.1 Å². The summed E-state index contributed by atoms with van der Waals surface area (Å²) in [7, 11) is 1.71. The quantitative estimate of drug-likeness (QED) is 0.603. The van der Waals surface area contributed by atoms with Crippen LogP contribution in [0.4, 0.5) is 16.0 Å². The summed E-state index contributed by atoms with van der Waals surface area (Å²) in [5, 5.41) is 2.87. The van der Waals surface area contributed by atoms with Crippen molar-refractivity contribution >= 4 is 33.5 Å². The fourth-order valence-electron chi connectivity index (χ4n) is 2.44. The summed E-state index contributed by atoms with van der Waals surface area (Å²) in [5.74, 6) is 0.552. The third-order valence-corrected chi connectivity index (χ3v) is 4.33. The fourth-order valence-corrected chi connectivity index (χ4v) is 2.92. The highest BCUT2D eigenvalue weighted by Crippen LogP contribution is 2.22. The zero-order chi connectivity index (χ0) is 20.1. The molecule has 6 nitrogen and oxygen atoms in total. The number of aryl methyl sites for hydroxylation is 1. The lowest BCUT2D eigenvalue weighted by atomic mass is 10.2. The van der Waals surface area contributed by atoms with Gasteiger partial charge in [-0.25, -0.2) is 9.37 Å². The van der Waals surface area contributed by atoms with Crippen molar-refractivity contribution in [2.24, 2.45) is 0 Å². The smallest absolute Gasteiger partial charge is 0.244 e. The largest absolute Gasteiger partial charge is 0.439 e. The summed E-state index contributed by atoms with van der Waals surface area (Å²) in [6, 6.07) is 12.8. The first-order chi connectivity index (χ1) is 13.4. The Morgan fingerprint density at radius 3 is 2.68 bits per heavy atom. The predicted octanol–water partition coefficient (Wildman–Crippen LogP) is 4.55. The van der Waals surface area contributed by atoms with Gasteiger partial charge in [0.15, 0.2) is 0 Å². The molecule has 144 valence electrons. The summed E-state index contributed by atoms with van der Waals surface area (Å²) >= 11 is 3.40. The third-order valence-electron chi connectivity index (χ3n) is 3.84. The SMILES string of the molecule is Cc1cc(Br)ccc1NC(=O)CN(C)c1nccc(Oc2ccc(F)cc2)n1. The highest BCUT2D eigenvalue weighted by molar-refractivity contribution is 9.10. The van der Waals surface area contributed by atoms with Gasteiger partial charge in [-0.15, -0.1) is 0 Å². The van der Waals surface area contributed by atoms with E-state index < -0.39 is 0 Å². The molecule has 0 saturated carbocycles. The Kier molecular flexibility index (Phi) is 6.20. The number of hydrogen-bond acceptors (Lipinski definition) is 5. The van der Waals surface area contributed by atoms with E-state index in [1.54, 1.807) is 18.0 Å². The maximum absolute atomic E-state index is 13.0. The molecule has 8 heteroatoms. The number of rotatable bonds is 6. The van der Waals surface area contributed by atoms with E-state index in [2.05, 4.69) is 31.2 Å². The molecule has 0 aliphatic carbocycles. The molecule has 1 heterocycles. The normalized spacial score (nSPS) is 10.4. The molecule has 0 radical (unpaired) electrons. The van der Waals surface area contributed by atoms with E-state index in [9.17, 15) is 9.18 Å². The lowest BCUT2D eigenvalue weighted by Gasteiger charge is -2.17. The molecule has 1 aromatic heterocycles. The fraction of sp³-hybridized carbons (Fsp3) is 0.150. The van der Waals surface area contributed by atoms with Gasteiger partial charge in [0, 0.05) is 29.5 Å². The van der Waals surface area contributed by atoms with Crippen molar-refractivity contribution in [3.05, 3.63) is 70.6 Å². The Morgan fingerprint density at radius 2 is 1.96 bits per heavy atom. The first-order valence-electron chi connectivity index (χ1n) is 8.44. The molecule has 0 unspecified atom stereocenters. The van der Waals surface area contributed by atoms with E-state index in [-0.39, 0.29) is 18.3 Å². The topological polar surface area (TPSA) is 67.4 Å². The minimum atomic E-state index is -0.345. The van der Waals surface area contributed by atoms with Crippen LogP contribution in [-0.4, -0.2) is 29.5 Å². The van der Waals surface area contributed by atoms with Crippen molar-refractivity contribution in [3.8, 4) is 11.6 Å². The van der Waals surface area contributed by atoms with E-state index in [0.717, 1.165) is 15.7 Å². The Labute approximate surface area is 170 Å². The number of anilines is 2. The number of aromatic nitrogens is 2. The highest BCUT2D eigenvalue weighted by atomic mass is 79.9. The molecule has 0 atom stereocenters. The molecule has 2 aromatic carbocycles. The van der Waals surface area contributed by atoms with Gasteiger partial charge < -0.3 is 15.0 Å². The Balaban J connectivity index is 1.64. The average molecular weight is 445 g/mol. The van der Waals surface area contributed by atoms with E-state index >= 15 is 0 Å². The number of halogens is 2. The van der Waals surface area contributed by atoms with Crippen LogP contribution in [0.3, 0.4) is 0 Å². The molecule has 1 N–H and O–H groups in total. The van der Waals surface area contributed by atoms with Crippen LogP contribution >= 0.6 is 15.9 Å². The Hall–Kier alpha value is -3.00. The predicted molar refractivity (Wildman–Crippen MR) is 109 cm³/mol. The highest BCUT2D eigenvalue weighted by Gasteiger charge is 2.12. The first kappa shape index (κ1) is 19.8. The zero-order valence-corrected chi connectivity index (χ0v) is 16.9. The second-order valence-corrected chi connectivity index (χ2v) is 7.03. The summed E-state index contributed by atoms with van der Waals surface area (Å²) < 4.78 is 19.5. The molecular formula is C20H18BrFN4O2. The molecule has 0 spiro atoms. The van der Waals surface area contributed by atoms with Crippen LogP contribution in [0.1, 0.15) is 5.56 Å². The van der Waals surface area contributed by atoms with Crippen LogP contribution in [0.2, 0.25) is 0 Å². The van der Waals surface area contributed by atoms with Gasteiger partial charge in [0.2, 0.25) is 17.7 Å². The number of carbonyl (C=O) groups is 1. The number of hydrogen-bond donors (Lipinski definition) is 1. The monoisotopic (exact) mass is 444 g/mol. The standard InChI is InChI=1S/C20H18BrFN4O2/c1-13-11-14(21)3-8-17(13)24-18(27)12-26(2)20-23-10-9-19(25-20)28-16-6-4-15(22)5-7-16/h3-11H,12H2,1-2H3,(H,24,27). The van der Waals surface area contributed by atoms with Crippen molar-refractivity contribution < 1.29 is 13.9 Å². The zero-order valence-electron chi connectivity index (χ0n) is 15.3. The summed E-state index contributed by atoms with van der Waals surface area (Å²) in [6.07, 6.45) is 1.54. The molecule has 3 aromatic rings. The number of nitrogens with one attached hydrogen (secondary N) is 1. The molecule has 0 aliphatic rings. The number of carbonyl (C=O) groups excluding carboxylic acids is 1. The van der Waals surface area contributed by atoms with Gasteiger partial charge in [-0.3, -0.25) is 4.79 Å². The van der Waals surface area contributed by atoms with Gasteiger partial charge >= 0.3 is 0 Å². The maximum atomic E-state index is 13.0. The van der Waals surface area contributed by atoms with Crippen molar-refractivity contribution in [1.29, 1.82) is 0 Å². The number of nitrogens with zero attached hydrogens (tertiary/aromatic N) is 3. The first-order valence-corrected chi connectivity index (χ1v) is 9.23. The van der Waals surface area contributed by atoms with Crippen molar-refractivity contribution in [3.63, 3.8) is 0 Å². The van der Waals surface area contributed by atoms with Crippen molar-refractivity contribution in [1.82, 2.24) is 9.97 Å². The molecule has 28 heavy (non-hydrogen) atoms. The molecule has 0 aliphatic heterocycles. The van der Waals surface area contributed by atoms with Gasteiger partial charge in [0.05, 0.1) is 6.54 Å². The second kappa shape index (κ2) is 8.79. The second-order valence-electron chi connectivity index (χ2n) is 6.11. The van der Waals surface area contributed by atoms with Crippen molar-refractivity contribution in [2.45, 2.75) is 6.92 Å². The van der Waals surface area contributed by atoms with Crippen LogP contribution in [0, 0.1) is 12.7 Å². The van der Waals surface area contributed by atoms with Gasteiger partial charge in [0.1, 0.15) is 11.6 Å². The van der Waals surface area contributed by atoms with Crippen LogP contribution < -0.4 is 15.0 Å². The van der Waals surface area contributed by atoms with E-state index in [0.29, 0.717) is 17.6 Å². The summed E-state index contributed by atoms with van der Waals surface area (Å²) in [6.45, 7) is 1.99. The molecule has 0 fully saturated rings. The molecule has 1 amide bonds. The van der Waals surface area contributed by atoms with Crippen LogP contribution in [-0.2, 0) is 4.79 Å². The lowest BCUT2D eigenvalue weighted by Crippen LogP contribution is -2.31. The molecule has 0 bridgehead atoms. The third kappa shape index (κ3) is 5.26. The minimum Gasteiger partial charge on any atom is -0.439 e. The Morgan fingerprint density at radius 1 is 1.21 bits per heavy atom. The average Bonchev–Trinajstić information content (AvgIpc) is 2.66.